The first-order valence-electron chi connectivity index (χ1n) is 7.30. The Hall–Kier alpha value is -1.56. The van der Waals surface area contributed by atoms with Gasteiger partial charge in [-0.2, -0.15) is 0 Å². The molecule has 2 rings (SSSR count). The van der Waals surface area contributed by atoms with Crippen LogP contribution < -0.4 is 15.0 Å². The standard InChI is InChI=1S/C14H25N5O/c1-5-18(6-2)11-7-8-19(9-11)14-12(20-4)13(15-3)16-10-17-14/h10-11H,5-9H2,1-4H3,(H,15,16,17). The number of hydrogen-bond donors (Lipinski definition) is 1. The Kier molecular flexibility index (Phi) is 5.00. The summed E-state index contributed by atoms with van der Waals surface area (Å²) in [5.41, 5.74) is 0. The maximum Gasteiger partial charge on any atom is 0.204 e. The van der Waals surface area contributed by atoms with E-state index in [1.165, 1.54) is 6.42 Å². The predicted octanol–water partition coefficient (Wildman–Crippen LogP) is 1.45. The van der Waals surface area contributed by atoms with Gasteiger partial charge in [0.2, 0.25) is 5.75 Å². The van der Waals surface area contributed by atoms with Crippen LogP contribution in [0.2, 0.25) is 0 Å². The summed E-state index contributed by atoms with van der Waals surface area (Å²) < 4.78 is 5.49. The van der Waals surface area contributed by atoms with Crippen LogP contribution >= 0.6 is 0 Å². The first kappa shape index (κ1) is 14.8. The van der Waals surface area contributed by atoms with Gasteiger partial charge in [-0.1, -0.05) is 13.8 Å². The van der Waals surface area contributed by atoms with Crippen LogP contribution in [-0.4, -0.2) is 61.2 Å². The molecule has 20 heavy (non-hydrogen) atoms. The van der Waals surface area contributed by atoms with Crippen LogP contribution in [0.3, 0.4) is 0 Å². The fourth-order valence-corrected chi connectivity index (χ4v) is 2.93. The molecule has 1 saturated heterocycles. The van der Waals surface area contributed by atoms with E-state index < -0.39 is 0 Å². The molecule has 0 bridgehead atoms. The van der Waals surface area contributed by atoms with E-state index in [4.69, 9.17) is 4.74 Å². The molecule has 0 saturated carbocycles. The Labute approximate surface area is 121 Å². The molecular formula is C14H25N5O. The van der Waals surface area contributed by atoms with Crippen molar-refractivity contribution >= 4 is 11.6 Å². The lowest BCUT2D eigenvalue weighted by Crippen LogP contribution is -2.37. The highest BCUT2D eigenvalue weighted by atomic mass is 16.5. The lowest BCUT2D eigenvalue weighted by atomic mass is 10.2. The fourth-order valence-electron chi connectivity index (χ4n) is 2.93. The van der Waals surface area contributed by atoms with Gasteiger partial charge in [0, 0.05) is 26.2 Å². The average Bonchev–Trinajstić information content (AvgIpc) is 2.97. The largest absolute Gasteiger partial charge is 0.490 e. The molecular weight excluding hydrogens is 254 g/mol. The Morgan fingerprint density at radius 2 is 2.15 bits per heavy atom. The van der Waals surface area contributed by atoms with Crippen LogP contribution in [0, 0.1) is 0 Å². The Balaban J connectivity index is 2.17. The van der Waals surface area contributed by atoms with Gasteiger partial charge in [-0.3, -0.25) is 4.90 Å². The van der Waals surface area contributed by atoms with Crippen LogP contribution in [-0.2, 0) is 0 Å². The number of anilines is 2. The maximum atomic E-state index is 5.49. The predicted molar refractivity (Wildman–Crippen MR) is 81.7 cm³/mol. The molecule has 1 fully saturated rings. The molecule has 2 heterocycles. The van der Waals surface area contributed by atoms with E-state index >= 15 is 0 Å². The normalized spacial score (nSPS) is 18.6. The van der Waals surface area contributed by atoms with E-state index in [0.29, 0.717) is 6.04 Å². The van der Waals surface area contributed by atoms with Gasteiger partial charge in [-0.25, -0.2) is 9.97 Å². The number of hydrogen-bond acceptors (Lipinski definition) is 6. The van der Waals surface area contributed by atoms with Crippen molar-refractivity contribution in [1.82, 2.24) is 14.9 Å². The van der Waals surface area contributed by atoms with Gasteiger partial charge in [-0.05, 0) is 19.5 Å². The van der Waals surface area contributed by atoms with Gasteiger partial charge in [0.05, 0.1) is 7.11 Å². The summed E-state index contributed by atoms with van der Waals surface area (Å²) in [6.07, 6.45) is 2.76. The quantitative estimate of drug-likeness (QED) is 0.850. The van der Waals surface area contributed by atoms with Crippen LogP contribution in [0.25, 0.3) is 0 Å². The second-order valence-electron chi connectivity index (χ2n) is 4.94. The second-order valence-corrected chi connectivity index (χ2v) is 4.94. The molecule has 1 atom stereocenters. The molecule has 0 spiro atoms. The first-order valence-corrected chi connectivity index (χ1v) is 7.30. The zero-order valence-electron chi connectivity index (χ0n) is 12.9. The van der Waals surface area contributed by atoms with Gasteiger partial charge in [0.15, 0.2) is 11.6 Å². The number of nitrogens with one attached hydrogen (secondary N) is 1. The van der Waals surface area contributed by atoms with Crippen molar-refractivity contribution in [2.45, 2.75) is 26.3 Å². The number of methoxy groups -OCH3 is 1. The molecule has 0 radical (unpaired) electrons. The van der Waals surface area contributed by atoms with Crippen LogP contribution in [0.5, 0.6) is 5.75 Å². The Morgan fingerprint density at radius 1 is 1.40 bits per heavy atom. The van der Waals surface area contributed by atoms with Crippen molar-refractivity contribution in [3.63, 3.8) is 0 Å². The molecule has 1 aliphatic heterocycles. The highest BCUT2D eigenvalue weighted by Gasteiger charge is 2.29. The van der Waals surface area contributed by atoms with Crippen molar-refractivity contribution in [1.29, 1.82) is 0 Å². The summed E-state index contributed by atoms with van der Waals surface area (Å²) in [6, 6.07) is 0.600. The van der Waals surface area contributed by atoms with Gasteiger partial charge in [0.1, 0.15) is 6.33 Å². The molecule has 6 nitrogen and oxygen atoms in total. The highest BCUT2D eigenvalue weighted by Crippen LogP contribution is 2.34. The topological polar surface area (TPSA) is 53.5 Å². The second kappa shape index (κ2) is 6.74. The molecule has 112 valence electrons. The van der Waals surface area contributed by atoms with E-state index in [0.717, 1.165) is 43.6 Å². The fraction of sp³-hybridized carbons (Fsp3) is 0.714. The maximum absolute atomic E-state index is 5.49. The summed E-state index contributed by atoms with van der Waals surface area (Å²) in [5, 5.41) is 3.05. The third-order valence-corrected chi connectivity index (χ3v) is 4.02. The summed E-state index contributed by atoms with van der Waals surface area (Å²) in [6.45, 7) is 8.64. The van der Waals surface area contributed by atoms with Gasteiger partial charge in [-0.15, -0.1) is 0 Å². The summed E-state index contributed by atoms with van der Waals surface area (Å²) >= 11 is 0. The van der Waals surface area contributed by atoms with Crippen molar-refractivity contribution in [2.24, 2.45) is 0 Å². The number of likely N-dealkylation sites (N-methyl/N-ethyl adjacent to an activating group) is 1. The molecule has 1 unspecified atom stereocenters. The Morgan fingerprint density at radius 3 is 2.75 bits per heavy atom. The number of rotatable bonds is 6. The summed E-state index contributed by atoms with van der Waals surface area (Å²) in [7, 11) is 3.51. The third-order valence-electron chi connectivity index (χ3n) is 4.02. The smallest absolute Gasteiger partial charge is 0.204 e. The van der Waals surface area contributed by atoms with Crippen molar-refractivity contribution in [2.75, 3.05) is 50.6 Å². The zero-order chi connectivity index (χ0) is 14.5. The minimum Gasteiger partial charge on any atom is -0.490 e. The van der Waals surface area contributed by atoms with Crippen LogP contribution in [0.1, 0.15) is 20.3 Å². The van der Waals surface area contributed by atoms with E-state index in [1.54, 1.807) is 13.4 Å². The van der Waals surface area contributed by atoms with Gasteiger partial charge in [0.25, 0.3) is 0 Å². The molecule has 1 N–H and O–H groups in total. The van der Waals surface area contributed by atoms with Crippen molar-refractivity contribution in [3.05, 3.63) is 6.33 Å². The minimum atomic E-state index is 0.600. The molecule has 0 aromatic carbocycles. The SMILES string of the molecule is CCN(CC)C1CCN(c2ncnc(NC)c2OC)C1. The lowest BCUT2D eigenvalue weighted by molar-refractivity contribution is 0.232. The van der Waals surface area contributed by atoms with Crippen molar-refractivity contribution in [3.8, 4) is 5.75 Å². The van der Waals surface area contributed by atoms with E-state index in [9.17, 15) is 0 Å². The summed E-state index contributed by atoms with van der Waals surface area (Å²) in [5.74, 6) is 2.36. The van der Waals surface area contributed by atoms with E-state index in [-0.39, 0.29) is 0 Å². The molecule has 6 heteroatoms. The molecule has 0 aliphatic carbocycles. The third kappa shape index (κ3) is 2.80. The Bertz CT molecular complexity index is 436. The van der Waals surface area contributed by atoms with Crippen molar-refractivity contribution < 1.29 is 4.74 Å². The average molecular weight is 279 g/mol. The monoisotopic (exact) mass is 279 g/mol. The molecule has 1 aromatic heterocycles. The van der Waals surface area contributed by atoms with Gasteiger partial charge < -0.3 is 15.0 Å². The summed E-state index contributed by atoms with van der Waals surface area (Å²) in [4.78, 5) is 13.4. The van der Waals surface area contributed by atoms with Crippen LogP contribution in [0.4, 0.5) is 11.6 Å². The first-order chi connectivity index (χ1) is 9.74. The van der Waals surface area contributed by atoms with Crippen LogP contribution in [0.15, 0.2) is 6.33 Å². The molecule has 1 aliphatic rings. The zero-order valence-corrected chi connectivity index (χ0v) is 12.9. The highest BCUT2D eigenvalue weighted by molar-refractivity contribution is 5.64. The van der Waals surface area contributed by atoms with E-state index in [2.05, 4.69) is 38.9 Å². The number of nitrogens with zero attached hydrogens (tertiary/aromatic N) is 4. The van der Waals surface area contributed by atoms with E-state index in [1.807, 2.05) is 7.05 Å². The lowest BCUT2D eigenvalue weighted by Gasteiger charge is -2.26. The molecule has 0 amide bonds. The number of aromatic nitrogens is 2. The minimum absolute atomic E-state index is 0.600. The number of ether oxygens (including phenoxy) is 1. The molecule has 1 aromatic rings. The van der Waals surface area contributed by atoms with Gasteiger partial charge >= 0.3 is 0 Å².